The highest BCUT2D eigenvalue weighted by molar-refractivity contribution is 7.91. The van der Waals surface area contributed by atoms with Crippen LogP contribution >= 0.6 is 0 Å². The molecule has 0 radical (unpaired) electrons. The topological polar surface area (TPSA) is 67.3 Å². The number of amides is 1. The van der Waals surface area contributed by atoms with E-state index in [2.05, 4.69) is 11.9 Å². The van der Waals surface area contributed by atoms with Crippen LogP contribution in [0.4, 0.5) is 0 Å². The summed E-state index contributed by atoms with van der Waals surface area (Å²) < 4.78 is 23.8. The molecule has 1 saturated heterocycles. The van der Waals surface area contributed by atoms with E-state index in [0.29, 0.717) is 24.2 Å². The van der Waals surface area contributed by atoms with Crippen LogP contribution in [0.2, 0.25) is 0 Å². The summed E-state index contributed by atoms with van der Waals surface area (Å²) in [4.78, 5) is 19.6. The third-order valence-corrected chi connectivity index (χ3v) is 6.80. The lowest BCUT2D eigenvalue weighted by Gasteiger charge is -2.29. The molecule has 0 spiro atoms. The summed E-state index contributed by atoms with van der Waals surface area (Å²) in [5.41, 5.74) is 3.25. The monoisotopic (exact) mass is 374 g/mol. The number of benzene rings is 1. The van der Waals surface area contributed by atoms with Gasteiger partial charge in [0.25, 0.3) is 5.91 Å². The molecule has 3 rings (SSSR count). The molecular formula is C20H26N2O3S. The number of unbranched alkanes of at least 4 members (excludes halogenated alkanes) is 1. The molecule has 1 amide bonds. The van der Waals surface area contributed by atoms with Crippen molar-refractivity contribution < 1.29 is 13.2 Å². The van der Waals surface area contributed by atoms with Crippen molar-refractivity contribution in [2.24, 2.45) is 0 Å². The molecule has 6 heteroatoms. The summed E-state index contributed by atoms with van der Waals surface area (Å²) in [5, 5.41) is 0.938. The molecule has 5 nitrogen and oxygen atoms in total. The van der Waals surface area contributed by atoms with Gasteiger partial charge in [0.05, 0.1) is 28.3 Å². The highest BCUT2D eigenvalue weighted by atomic mass is 32.2. The fraction of sp³-hybridized carbons (Fsp3) is 0.500. The summed E-state index contributed by atoms with van der Waals surface area (Å²) in [6.45, 7) is 6.51. The third-order valence-electron chi connectivity index (χ3n) is 5.05. The molecule has 1 aromatic carbocycles. The predicted octanol–water partition coefficient (Wildman–Crippen LogP) is 3.28. The van der Waals surface area contributed by atoms with E-state index >= 15 is 0 Å². The molecule has 0 bridgehead atoms. The summed E-state index contributed by atoms with van der Waals surface area (Å²) in [5.74, 6) is 0.137. The fourth-order valence-electron chi connectivity index (χ4n) is 3.56. The van der Waals surface area contributed by atoms with Gasteiger partial charge in [-0.05, 0) is 44.9 Å². The largest absolute Gasteiger partial charge is 0.335 e. The van der Waals surface area contributed by atoms with Crippen molar-refractivity contribution in [3.63, 3.8) is 0 Å². The number of carbonyl (C=O) groups is 1. The Bertz CT molecular complexity index is 937. The molecule has 0 N–H and O–H groups in total. The molecule has 0 saturated carbocycles. The van der Waals surface area contributed by atoms with Crippen LogP contribution in [0.5, 0.6) is 0 Å². The molecule has 2 aromatic rings. The second-order valence-corrected chi connectivity index (χ2v) is 9.46. The first-order valence-corrected chi connectivity index (χ1v) is 11.0. The zero-order valence-corrected chi connectivity index (χ0v) is 16.5. The standard InChI is InChI=1S/C20H26N2O3S/c1-4-5-9-22(17-8-10-26(24,25)13-17)20(23)18-12-16-11-14(2)6-7-19(16)21-15(18)3/h6-7,11-12,17H,4-5,8-10,13H2,1-3H3. The highest BCUT2D eigenvalue weighted by Gasteiger charge is 2.35. The zero-order chi connectivity index (χ0) is 18.9. The smallest absolute Gasteiger partial charge is 0.255 e. The van der Waals surface area contributed by atoms with Crippen LogP contribution in [-0.2, 0) is 9.84 Å². The van der Waals surface area contributed by atoms with Gasteiger partial charge in [-0.3, -0.25) is 9.78 Å². The van der Waals surface area contributed by atoms with Gasteiger partial charge in [-0.25, -0.2) is 8.42 Å². The number of hydrogen-bond acceptors (Lipinski definition) is 4. The van der Waals surface area contributed by atoms with E-state index in [0.717, 1.165) is 29.3 Å². The lowest BCUT2D eigenvalue weighted by molar-refractivity contribution is 0.0693. The van der Waals surface area contributed by atoms with Crippen molar-refractivity contribution in [2.45, 2.75) is 46.1 Å². The van der Waals surface area contributed by atoms with E-state index in [-0.39, 0.29) is 23.5 Å². The summed E-state index contributed by atoms with van der Waals surface area (Å²) in [7, 11) is -3.04. The first kappa shape index (κ1) is 18.8. The van der Waals surface area contributed by atoms with Gasteiger partial charge >= 0.3 is 0 Å². The minimum absolute atomic E-state index is 0.0711. The van der Waals surface area contributed by atoms with Crippen molar-refractivity contribution in [1.29, 1.82) is 0 Å². The Morgan fingerprint density at radius 3 is 2.69 bits per heavy atom. The number of rotatable bonds is 5. The Hall–Kier alpha value is -1.95. The van der Waals surface area contributed by atoms with Crippen molar-refractivity contribution in [1.82, 2.24) is 9.88 Å². The van der Waals surface area contributed by atoms with Crippen LogP contribution in [0.3, 0.4) is 0 Å². The molecule has 1 atom stereocenters. The zero-order valence-electron chi connectivity index (χ0n) is 15.7. The minimum Gasteiger partial charge on any atom is -0.335 e. The molecule has 26 heavy (non-hydrogen) atoms. The molecule has 1 aromatic heterocycles. The molecular weight excluding hydrogens is 348 g/mol. The normalized spacial score (nSPS) is 19.0. The summed E-state index contributed by atoms with van der Waals surface area (Å²) in [6.07, 6.45) is 2.34. The van der Waals surface area contributed by atoms with Crippen LogP contribution in [0.15, 0.2) is 24.3 Å². The van der Waals surface area contributed by atoms with Crippen LogP contribution in [0.25, 0.3) is 10.9 Å². The molecule has 2 heterocycles. The summed E-state index contributed by atoms with van der Waals surface area (Å²) >= 11 is 0. The van der Waals surface area contributed by atoms with E-state index in [1.807, 2.05) is 38.1 Å². The first-order chi connectivity index (χ1) is 12.3. The van der Waals surface area contributed by atoms with Gasteiger partial charge in [0.15, 0.2) is 9.84 Å². The van der Waals surface area contributed by atoms with Gasteiger partial charge in [-0.15, -0.1) is 0 Å². The lowest BCUT2D eigenvalue weighted by Crippen LogP contribution is -2.42. The van der Waals surface area contributed by atoms with Crippen LogP contribution in [0, 0.1) is 13.8 Å². The number of carbonyl (C=O) groups excluding carboxylic acids is 1. The Labute approximate surface area is 155 Å². The molecule has 1 unspecified atom stereocenters. The second kappa shape index (κ2) is 7.35. The quantitative estimate of drug-likeness (QED) is 0.805. The van der Waals surface area contributed by atoms with E-state index in [1.54, 1.807) is 4.90 Å². The maximum Gasteiger partial charge on any atom is 0.255 e. The SMILES string of the molecule is CCCCN(C(=O)c1cc2cc(C)ccc2nc1C)C1CCS(=O)(=O)C1. The minimum atomic E-state index is -3.04. The number of fused-ring (bicyclic) bond motifs is 1. The number of aromatic nitrogens is 1. The van der Waals surface area contributed by atoms with Crippen molar-refractivity contribution in [3.05, 3.63) is 41.1 Å². The van der Waals surface area contributed by atoms with Gasteiger partial charge in [-0.1, -0.05) is 25.0 Å². The van der Waals surface area contributed by atoms with E-state index in [1.165, 1.54) is 0 Å². The fourth-order valence-corrected chi connectivity index (χ4v) is 5.29. The Balaban J connectivity index is 1.98. The van der Waals surface area contributed by atoms with Crippen molar-refractivity contribution in [3.8, 4) is 0 Å². The van der Waals surface area contributed by atoms with Gasteiger partial charge in [0.2, 0.25) is 0 Å². The number of nitrogens with zero attached hydrogens (tertiary/aromatic N) is 2. The average Bonchev–Trinajstić information content (AvgIpc) is 2.94. The molecule has 1 aliphatic heterocycles. The number of aryl methyl sites for hydroxylation is 2. The molecule has 140 valence electrons. The van der Waals surface area contributed by atoms with E-state index in [4.69, 9.17) is 0 Å². The maximum absolute atomic E-state index is 13.3. The van der Waals surface area contributed by atoms with Crippen LogP contribution < -0.4 is 0 Å². The van der Waals surface area contributed by atoms with Gasteiger partial charge < -0.3 is 4.90 Å². The Morgan fingerprint density at radius 2 is 2.04 bits per heavy atom. The van der Waals surface area contributed by atoms with Crippen molar-refractivity contribution in [2.75, 3.05) is 18.1 Å². The number of sulfone groups is 1. The third kappa shape index (κ3) is 3.90. The molecule has 0 aliphatic carbocycles. The van der Waals surface area contributed by atoms with Gasteiger partial charge in [0.1, 0.15) is 0 Å². The van der Waals surface area contributed by atoms with E-state index < -0.39 is 9.84 Å². The summed E-state index contributed by atoms with van der Waals surface area (Å²) in [6, 6.07) is 7.66. The molecule has 1 aliphatic rings. The predicted molar refractivity (Wildman–Crippen MR) is 104 cm³/mol. The van der Waals surface area contributed by atoms with E-state index in [9.17, 15) is 13.2 Å². The Kier molecular flexibility index (Phi) is 5.32. The van der Waals surface area contributed by atoms with Gasteiger partial charge in [-0.2, -0.15) is 0 Å². The van der Waals surface area contributed by atoms with Gasteiger partial charge in [0, 0.05) is 18.0 Å². The average molecular weight is 375 g/mol. The number of hydrogen-bond donors (Lipinski definition) is 0. The van der Waals surface area contributed by atoms with Crippen LogP contribution in [-0.4, -0.2) is 48.3 Å². The highest BCUT2D eigenvalue weighted by Crippen LogP contribution is 2.24. The van der Waals surface area contributed by atoms with Crippen molar-refractivity contribution >= 4 is 26.6 Å². The van der Waals surface area contributed by atoms with Crippen LogP contribution in [0.1, 0.15) is 47.8 Å². The second-order valence-electron chi connectivity index (χ2n) is 7.23. The Morgan fingerprint density at radius 1 is 1.27 bits per heavy atom. The lowest BCUT2D eigenvalue weighted by atomic mass is 10.1. The number of pyridine rings is 1. The molecule has 1 fully saturated rings. The first-order valence-electron chi connectivity index (χ1n) is 9.20. The maximum atomic E-state index is 13.3.